The lowest BCUT2D eigenvalue weighted by atomic mass is 10.1. The maximum absolute atomic E-state index is 11.9. The number of unbranched alkanes of at least 4 members (excludes halogenated alkanes) is 4. The molecular formula is C17H34N2O3. The molecule has 1 amide bonds. The zero-order valence-corrected chi connectivity index (χ0v) is 14.9. The van der Waals surface area contributed by atoms with Gasteiger partial charge in [0, 0.05) is 26.4 Å². The fraction of sp³-hybridized carbons (Fsp3) is 0.882. The van der Waals surface area contributed by atoms with Crippen LogP contribution in [0.4, 0.5) is 0 Å². The van der Waals surface area contributed by atoms with Crippen LogP contribution in [-0.2, 0) is 14.3 Å². The molecule has 0 saturated carbocycles. The molecule has 0 fully saturated rings. The Morgan fingerprint density at radius 2 is 1.41 bits per heavy atom. The van der Waals surface area contributed by atoms with E-state index in [9.17, 15) is 9.59 Å². The summed E-state index contributed by atoms with van der Waals surface area (Å²) < 4.78 is 4.88. The summed E-state index contributed by atoms with van der Waals surface area (Å²) in [4.78, 5) is 27.0. The van der Waals surface area contributed by atoms with Crippen molar-refractivity contribution in [2.24, 2.45) is 0 Å². The van der Waals surface area contributed by atoms with Crippen LogP contribution in [0, 0.1) is 0 Å². The van der Waals surface area contributed by atoms with Gasteiger partial charge in [-0.1, -0.05) is 19.3 Å². The van der Waals surface area contributed by atoms with Crippen LogP contribution in [0.15, 0.2) is 0 Å². The number of carbonyl (C=O) groups excluding carboxylic acids is 2. The summed E-state index contributed by atoms with van der Waals surface area (Å²) in [5.41, 5.74) is 0. The molecule has 0 unspecified atom stereocenters. The Morgan fingerprint density at radius 3 is 2.00 bits per heavy atom. The average molecular weight is 314 g/mol. The minimum atomic E-state index is -0.1000. The summed E-state index contributed by atoms with van der Waals surface area (Å²) in [6.45, 7) is 4.13. The van der Waals surface area contributed by atoms with Gasteiger partial charge in [0.2, 0.25) is 5.91 Å². The zero-order valence-electron chi connectivity index (χ0n) is 14.9. The maximum Gasteiger partial charge on any atom is 0.305 e. The van der Waals surface area contributed by atoms with Gasteiger partial charge < -0.3 is 14.5 Å². The van der Waals surface area contributed by atoms with Crippen molar-refractivity contribution in [3.8, 4) is 0 Å². The van der Waals surface area contributed by atoms with Crippen LogP contribution in [0.3, 0.4) is 0 Å². The van der Waals surface area contributed by atoms with Crippen molar-refractivity contribution in [3.63, 3.8) is 0 Å². The number of hydrogen-bond donors (Lipinski definition) is 0. The van der Waals surface area contributed by atoms with E-state index in [1.54, 1.807) is 0 Å². The number of carbonyl (C=O) groups is 2. The Kier molecular flexibility index (Phi) is 12.9. The minimum Gasteiger partial charge on any atom is -0.466 e. The quantitative estimate of drug-likeness (QED) is 0.387. The topological polar surface area (TPSA) is 49.9 Å². The first-order valence-corrected chi connectivity index (χ1v) is 8.51. The van der Waals surface area contributed by atoms with E-state index in [2.05, 4.69) is 4.90 Å². The van der Waals surface area contributed by atoms with E-state index in [-0.39, 0.29) is 11.9 Å². The van der Waals surface area contributed by atoms with Gasteiger partial charge >= 0.3 is 5.97 Å². The zero-order chi connectivity index (χ0) is 16.8. The maximum atomic E-state index is 11.9. The van der Waals surface area contributed by atoms with Crippen LogP contribution in [0.5, 0.6) is 0 Å². The van der Waals surface area contributed by atoms with E-state index in [1.165, 1.54) is 0 Å². The van der Waals surface area contributed by atoms with Crippen molar-refractivity contribution in [1.82, 2.24) is 9.80 Å². The molecule has 0 rings (SSSR count). The molecule has 0 N–H and O–H groups in total. The van der Waals surface area contributed by atoms with Crippen molar-refractivity contribution in [2.75, 3.05) is 40.8 Å². The van der Waals surface area contributed by atoms with E-state index in [0.29, 0.717) is 19.4 Å². The third-order valence-corrected chi connectivity index (χ3v) is 3.60. The molecule has 5 heteroatoms. The van der Waals surface area contributed by atoms with E-state index in [0.717, 1.165) is 51.6 Å². The third kappa shape index (κ3) is 12.6. The van der Waals surface area contributed by atoms with Crippen LogP contribution >= 0.6 is 0 Å². The Balaban J connectivity index is 3.46. The number of hydrogen-bond acceptors (Lipinski definition) is 4. The van der Waals surface area contributed by atoms with Gasteiger partial charge in [0.1, 0.15) is 0 Å². The van der Waals surface area contributed by atoms with Gasteiger partial charge in [-0.05, 0) is 46.8 Å². The van der Waals surface area contributed by atoms with Crippen LogP contribution in [0.1, 0.15) is 58.3 Å². The highest BCUT2D eigenvalue weighted by molar-refractivity contribution is 5.75. The molecule has 0 aromatic carbocycles. The summed E-state index contributed by atoms with van der Waals surface area (Å²) in [5, 5.41) is 0. The second kappa shape index (κ2) is 13.6. The minimum absolute atomic E-state index is 0.1000. The molecule has 0 spiro atoms. The van der Waals surface area contributed by atoms with Gasteiger partial charge in [0.25, 0.3) is 0 Å². The molecule has 0 atom stereocenters. The monoisotopic (exact) mass is 314 g/mol. The molecule has 0 aliphatic heterocycles. The van der Waals surface area contributed by atoms with Gasteiger partial charge in [-0.3, -0.25) is 9.59 Å². The average Bonchev–Trinajstić information content (AvgIpc) is 2.45. The molecule has 0 aliphatic carbocycles. The van der Waals surface area contributed by atoms with Crippen molar-refractivity contribution in [3.05, 3.63) is 0 Å². The lowest BCUT2D eigenvalue weighted by Gasteiger charge is -2.18. The number of nitrogens with zero attached hydrogens (tertiary/aromatic N) is 2. The second-order valence-corrected chi connectivity index (χ2v) is 6.04. The van der Waals surface area contributed by atoms with Gasteiger partial charge in [0.15, 0.2) is 0 Å². The van der Waals surface area contributed by atoms with Crippen molar-refractivity contribution >= 4 is 11.9 Å². The van der Waals surface area contributed by atoms with E-state index in [4.69, 9.17) is 4.74 Å². The van der Waals surface area contributed by atoms with Crippen LogP contribution in [0.2, 0.25) is 0 Å². The number of amides is 1. The first-order chi connectivity index (χ1) is 10.5. The van der Waals surface area contributed by atoms with Gasteiger partial charge in [-0.25, -0.2) is 0 Å². The first kappa shape index (κ1) is 20.9. The summed E-state index contributed by atoms with van der Waals surface area (Å²) in [6.07, 6.45) is 7.16. The SMILES string of the molecule is CCOC(=O)CCCCCCCC(=O)N(C)CCCN(C)C. The van der Waals surface area contributed by atoms with Crippen molar-refractivity contribution in [2.45, 2.75) is 58.3 Å². The molecule has 0 aromatic heterocycles. The van der Waals surface area contributed by atoms with E-state index < -0.39 is 0 Å². The highest BCUT2D eigenvalue weighted by Gasteiger charge is 2.08. The van der Waals surface area contributed by atoms with E-state index in [1.807, 2.05) is 33.0 Å². The Hall–Kier alpha value is -1.10. The molecule has 5 nitrogen and oxygen atoms in total. The Bertz CT molecular complexity index is 306. The van der Waals surface area contributed by atoms with E-state index >= 15 is 0 Å². The second-order valence-electron chi connectivity index (χ2n) is 6.04. The third-order valence-electron chi connectivity index (χ3n) is 3.60. The van der Waals surface area contributed by atoms with Crippen molar-refractivity contribution < 1.29 is 14.3 Å². The van der Waals surface area contributed by atoms with Gasteiger partial charge in [-0.15, -0.1) is 0 Å². The molecule has 0 radical (unpaired) electrons. The molecule has 0 heterocycles. The normalized spacial score (nSPS) is 10.8. The molecule has 22 heavy (non-hydrogen) atoms. The lowest BCUT2D eigenvalue weighted by molar-refractivity contribution is -0.143. The summed E-state index contributed by atoms with van der Waals surface area (Å²) >= 11 is 0. The predicted molar refractivity (Wildman–Crippen MR) is 89.8 cm³/mol. The standard InChI is InChI=1S/C17H34N2O3/c1-5-22-17(21)13-10-8-6-7-9-12-16(20)19(4)15-11-14-18(2)3/h5-15H2,1-4H3. The van der Waals surface area contributed by atoms with Gasteiger partial charge in [-0.2, -0.15) is 0 Å². The number of esters is 1. The fourth-order valence-corrected chi connectivity index (χ4v) is 2.25. The first-order valence-electron chi connectivity index (χ1n) is 8.51. The molecular weight excluding hydrogens is 280 g/mol. The van der Waals surface area contributed by atoms with Crippen LogP contribution in [-0.4, -0.2) is 62.5 Å². The highest BCUT2D eigenvalue weighted by atomic mass is 16.5. The molecule has 0 aliphatic rings. The fourth-order valence-electron chi connectivity index (χ4n) is 2.25. The predicted octanol–water partition coefficient (Wildman–Crippen LogP) is 2.69. The molecule has 130 valence electrons. The highest BCUT2D eigenvalue weighted by Crippen LogP contribution is 2.09. The number of rotatable bonds is 13. The Labute approximate surface area is 136 Å². The lowest BCUT2D eigenvalue weighted by Crippen LogP contribution is -2.29. The molecule has 0 saturated heterocycles. The summed E-state index contributed by atoms with van der Waals surface area (Å²) in [5.74, 6) is 0.141. The Morgan fingerprint density at radius 1 is 0.818 bits per heavy atom. The summed E-state index contributed by atoms with van der Waals surface area (Å²) in [7, 11) is 5.98. The van der Waals surface area contributed by atoms with Crippen LogP contribution < -0.4 is 0 Å². The van der Waals surface area contributed by atoms with Gasteiger partial charge in [0.05, 0.1) is 6.61 Å². The van der Waals surface area contributed by atoms with Crippen molar-refractivity contribution in [1.29, 1.82) is 0 Å². The molecule has 0 bridgehead atoms. The smallest absolute Gasteiger partial charge is 0.305 e. The van der Waals surface area contributed by atoms with Crippen LogP contribution in [0.25, 0.3) is 0 Å². The summed E-state index contributed by atoms with van der Waals surface area (Å²) in [6, 6.07) is 0. The largest absolute Gasteiger partial charge is 0.466 e. The number of ether oxygens (including phenoxy) is 1. The molecule has 0 aromatic rings.